The number of nitrogens with zero attached hydrogens (tertiary/aromatic N) is 1. The predicted octanol–water partition coefficient (Wildman–Crippen LogP) is -0.496. The van der Waals surface area contributed by atoms with E-state index in [1.165, 1.54) is 0 Å². The highest BCUT2D eigenvalue weighted by molar-refractivity contribution is 7.91. The van der Waals surface area contributed by atoms with Gasteiger partial charge in [0.1, 0.15) is 0 Å². The fraction of sp³-hybridized carbons (Fsp3) is 1.00. The highest BCUT2D eigenvalue weighted by Crippen LogP contribution is 2.05. The molecule has 1 aliphatic heterocycles. The Balaban J connectivity index is 2.32. The molecular formula is C10H21NO4S. The molecule has 6 heteroatoms. The van der Waals surface area contributed by atoms with Crippen LogP contribution in [0, 0.1) is 0 Å². The van der Waals surface area contributed by atoms with Gasteiger partial charge in [0, 0.05) is 25.4 Å². The first kappa shape index (κ1) is 13.9. The van der Waals surface area contributed by atoms with Gasteiger partial charge in [0.15, 0.2) is 9.84 Å². The third-order valence-corrected chi connectivity index (χ3v) is 4.50. The van der Waals surface area contributed by atoms with Crippen molar-refractivity contribution in [2.75, 3.05) is 44.4 Å². The standard InChI is InChI=1S/C10H21NO4S/c1-2-6-16(13,14)7-4-11-3-5-15-10(8-11)9-12/h10,12H,2-9H2,1H3. The zero-order chi connectivity index (χ0) is 12.0. The van der Waals surface area contributed by atoms with Gasteiger partial charge in [-0.15, -0.1) is 0 Å². The van der Waals surface area contributed by atoms with Crippen LogP contribution in [0.3, 0.4) is 0 Å². The molecule has 0 amide bonds. The van der Waals surface area contributed by atoms with E-state index in [9.17, 15) is 8.42 Å². The molecule has 0 aromatic heterocycles. The minimum atomic E-state index is -2.90. The second-order valence-corrected chi connectivity index (χ2v) is 6.43. The molecule has 0 saturated carbocycles. The summed E-state index contributed by atoms with van der Waals surface area (Å²) in [6.07, 6.45) is 0.507. The SMILES string of the molecule is CCCS(=O)(=O)CCN1CCOC(CO)C1. The fourth-order valence-electron chi connectivity index (χ4n) is 1.78. The molecule has 0 aromatic rings. The molecule has 1 heterocycles. The molecular weight excluding hydrogens is 230 g/mol. The van der Waals surface area contributed by atoms with Crippen LogP contribution in [-0.4, -0.2) is 68.9 Å². The summed E-state index contributed by atoms with van der Waals surface area (Å²) in [7, 11) is -2.90. The lowest BCUT2D eigenvalue weighted by Crippen LogP contribution is -2.45. The largest absolute Gasteiger partial charge is 0.394 e. The first-order valence-electron chi connectivity index (χ1n) is 5.72. The highest BCUT2D eigenvalue weighted by atomic mass is 32.2. The van der Waals surface area contributed by atoms with Gasteiger partial charge < -0.3 is 9.84 Å². The van der Waals surface area contributed by atoms with Gasteiger partial charge in [0.25, 0.3) is 0 Å². The van der Waals surface area contributed by atoms with E-state index in [-0.39, 0.29) is 24.2 Å². The number of aliphatic hydroxyl groups excluding tert-OH is 1. The lowest BCUT2D eigenvalue weighted by Gasteiger charge is -2.31. The number of morpholine rings is 1. The molecule has 16 heavy (non-hydrogen) atoms. The summed E-state index contributed by atoms with van der Waals surface area (Å²) < 4.78 is 28.3. The van der Waals surface area contributed by atoms with E-state index in [4.69, 9.17) is 9.84 Å². The van der Waals surface area contributed by atoms with Crippen molar-refractivity contribution in [2.24, 2.45) is 0 Å². The average molecular weight is 251 g/mol. The summed E-state index contributed by atoms with van der Waals surface area (Å²) in [6.45, 7) is 4.35. The Bertz CT molecular complexity index is 291. The number of aliphatic hydroxyl groups is 1. The number of ether oxygens (including phenoxy) is 1. The van der Waals surface area contributed by atoms with Gasteiger partial charge in [-0.1, -0.05) is 6.92 Å². The minimum absolute atomic E-state index is 0.00178. The summed E-state index contributed by atoms with van der Waals surface area (Å²) >= 11 is 0. The van der Waals surface area contributed by atoms with E-state index in [1.54, 1.807) is 0 Å². The third kappa shape index (κ3) is 4.78. The Morgan fingerprint density at radius 2 is 2.19 bits per heavy atom. The van der Waals surface area contributed by atoms with Gasteiger partial charge in [0.05, 0.1) is 25.1 Å². The number of rotatable bonds is 6. The van der Waals surface area contributed by atoms with Crippen LogP contribution in [0.2, 0.25) is 0 Å². The summed E-state index contributed by atoms with van der Waals surface area (Å²) in [6, 6.07) is 0. The average Bonchev–Trinajstić information content (AvgIpc) is 2.27. The Morgan fingerprint density at radius 1 is 1.44 bits per heavy atom. The smallest absolute Gasteiger partial charge is 0.151 e. The van der Waals surface area contributed by atoms with E-state index in [0.29, 0.717) is 26.1 Å². The van der Waals surface area contributed by atoms with Crippen molar-refractivity contribution < 1.29 is 18.3 Å². The van der Waals surface area contributed by atoms with E-state index in [1.807, 2.05) is 11.8 Å². The highest BCUT2D eigenvalue weighted by Gasteiger charge is 2.21. The van der Waals surface area contributed by atoms with Gasteiger partial charge in [-0.25, -0.2) is 8.42 Å². The summed E-state index contributed by atoms with van der Waals surface area (Å²) in [5.74, 6) is 0.472. The second-order valence-electron chi connectivity index (χ2n) is 4.13. The second kappa shape index (κ2) is 6.54. The quantitative estimate of drug-likeness (QED) is 0.689. The van der Waals surface area contributed by atoms with Crippen LogP contribution in [-0.2, 0) is 14.6 Å². The van der Waals surface area contributed by atoms with Gasteiger partial charge >= 0.3 is 0 Å². The van der Waals surface area contributed by atoms with Crippen molar-refractivity contribution in [1.29, 1.82) is 0 Å². The molecule has 1 unspecified atom stereocenters. The molecule has 1 aliphatic rings. The summed E-state index contributed by atoms with van der Waals surface area (Å²) in [5, 5.41) is 8.95. The Kier molecular flexibility index (Phi) is 5.68. The molecule has 5 nitrogen and oxygen atoms in total. The first-order valence-corrected chi connectivity index (χ1v) is 7.54. The first-order chi connectivity index (χ1) is 7.57. The topological polar surface area (TPSA) is 66.8 Å². The zero-order valence-electron chi connectivity index (χ0n) is 9.76. The number of sulfone groups is 1. The lowest BCUT2D eigenvalue weighted by atomic mass is 10.3. The molecule has 1 saturated heterocycles. The van der Waals surface area contributed by atoms with Crippen LogP contribution in [0.4, 0.5) is 0 Å². The minimum Gasteiger partial charge on any atom is -0.394 e. The zero-order valence-corrected chi connectivity index (χ0v) is 10.6. The van der Waals surface area contributed by atoms with Crippen molar-refractivity contribution in [3.05, 3.63) is 0 Å². The van der Waals surface area contributed by atoms with Crippen LogP contribution in [0.5, 0.6) is 0 Å². The van der Waals surface area contributed by atoms with Gasteiger partial charge in [-0.05, 0) is 6.42 Å². The predicted molar refractivity (Wildman–Crippen MR) is 62.2 cm³/mol. The normalized spacial score (nSPS) is 23.5. The molecule has 0 aliphatic carbocycles. The van der Waals surface area contributed by atoms with Crippen molar-refractivity contribution in [2.45, 2.75) is 19.4 Å². The van der Waals surface area contributed by atoms with Crippen molar-refractivity contribution >= 4 is 9.84 Å². The molecule has 1 N–H and O–H groups in total. The Hall–Kier alpha value is -0.170. The molecule has 0 spiro atoms. The van der Waals surface area contributed by atoms with Crippen LogP contribution < -0.4 is 0 Å². The maximum absolute atomic E-state index is 11.5. The van der Waals surface area contributed by atoms with Crippen molar-refractivity contribution in [1.82, 2.24) is 4.90 Å². The maximum atomic E-state index is 11.5. The number of hydrogen-bond donors (Lipinski definition) is 1. The monoisotopic (exact) mass is 251 g/mol. The van der Waals surface area contributed by atoms with Crippen LogP contribution >= 0.6 is 0 Å². The maximum Gasteiger partial charge on any atom is 0.151 e. The van der Waals surface area contributed by atoms with Crippen molar-refractivity contribution in [3.63, 3.8) is 0 Å². The van der Waals surface area contributed by atoms with Crippen LogP contribution in [0.1, 0.15) is 13.3 Å². The van der Waals surface area contributed by atoms with Crippen LogP contribution in [0.15, 0.2) is 0 Å². The number of hydrogen-bond acceptors (Lipinski definition) is 5. The van der Waals surface area contributed by atoms with E-state index < -0.39 is 9.84 Å². The van der Waals surface area contributed by atoms with Gasteiger partial charge in [-0.3, -0.25) is 4.90 Å². The van der Waals surface area contributed by atoms with Crippen molar-refractivity contribution in [3.8, 4) is 0 Å². The molecule has 1 rings (SSSR count). The van der Waals surface area contributed by atoms with Gasteiger partial charge in [0.2, 0.25) is 0 Å². The molecule has 1 fully saturated rings. The molecule has 96 valence electrons. The Morgan fingerprint density at radius 3 is 2.81 bits per heavy atom. The molecule has 0 bridgehead atoms. The third-order valence-electron chi connectivity index (χ3n) is 2.66. The van der Waals surface area contributed by atoms with Crippen LogP contribution in [0.25, 0.3) is 0 Å². The molecule has 0 aromatic carbocycles. The molecule has 0 radical (unpaired) electrons. The van der Waals surface area contributed by atoms with E-state index in [0.717, 1.165) is 6.54 Å². The lowest BCUT2D eigenvalue weighted by molar-refractivity contribution is -0.0510. The summed E-state index contributed by atoms with van der Waals surface area (Å²) in [5.41, 5.74) is 0. The van der Waals surface area contributed by atoms with E-state index in [2.05, 4.69) is 0 Å². The molecule has 1 atom stereocenters. The Labute approximate surface area is 97.3 Å². The summed E-state index contributed by atoms with van der Waals surface area (Å²) in [4.78, 5) is 2.04. The fourth-order valence-corrected chi connectivity index (χ4v) is 3.14. The van der Waals surface area contributed by atoms with Gasteiger partial charge in [-0.2, -0.15) is 0 Å². The van der Waals surface area contributed by atoms with E-state index >= 15 is 0 Å².